The molecule has 14 heavy (non-hydrogen) atoms. The van der Waals surface area contributed by atoms with Crippen LogP contribution in [0.4, 0.5) is 0 Å². The van der Waals surface area contributed by atoms with Gasteiger partial charge in [-0.05, 0) is 30.1 Å². The first-order valence-corrected chi connectivity index (χ1v) is 6.31. The summed E-state index contributed by atoms with van der Waals surface area (Å²) in [5.74, 6) is 4.55. The topological polar surface area (TPSA) is 17.1 Å². The first kappa shape index (κ1) is 7.51. The number of rotatable bonds is 0. The minimum Gasteiger partial charge on any atom is -0.299 e. The molecule has 3 heteroatoms. The first-order valence-electron chi connectivity index (χ1n) is 5.55. The van der Waals surface area contributed by atoms with E-state index < -0.39 is 4.33 Å². The van der Waals surface area contributed by atoms with E-state index in [1.165, 1.54) is 6.42 Å². The number of hydrogen-bond donors (Lipinski definition) is 0. The largest absolute Gasteiger partial charge is 0.299 e. The van der Waals surface area contributed by atoms with Gasteiger partial charge in [-0.3, -0.25) is 4.79 Å². The second kappa shape index (κ2) is 1.69. The molecule has 8 atom stereocenters. The third-order valence-corrected chi connectivity index (χ3v) is 7.06. The molecule has 0 saturated heterocycles. The van der Waals surface area contributed by atoms with E-state index in [2.05, 4.69) is 0 Å². The Bertz CT molecular complexity index is 391. The van der Waals surface area contributed by atoms with Crippen LogP contribution in [0.5, 0.6) is 0 Å². The molecule has 0 aromatic rings. The molecule has 0 heterocycles. The molecular weight excluding hydrogens is 219 g/mol. The quantitative estimate of drug-likeness (QED) is 0.581. The molecule has 5 saturated carbocycles. The van der Waals surface area contributed by atoms with Crippen molar-refractivity contribution in [2.45, 2.75) is 10.8 Å². The number of ketones is 1. The van der Waals surface area contributed by atoms with Crippen LogP contribution in [0.3, 0.4) is 0 Å². The Labute approximate surface area is 92.1 Å². The summed E-state index contributed by atoms with van der Waals surface area (Å²) in [7, 11) is 0. The lowest BCUT2D eigenvalue weighted by Gasteiger charge is -2.47. The molecule has 0 N–H and O–H groups in total. The van der Waals surface area contributed by atoms with Gasteiger partial charge in [0.1, 0.15) is 10.1 Å². The highest BCUT2D eigenvalue weighted by Gasteiger charge is 2.87. The molecule has 5 aliphatic rings. The lowest BCUT2D eigenvalue weighted by molar-refractivity contribution is -0.133. The van der Waals surface area contributed by atoms with Gasteiger partial charge in [-0.25, -0.2) is 0 Å². The molecule has 5 aliphatic carbocycles. The summed E-state index contributed by atoms with van der Waals surface area (Å²) >= 11 is 13.0. The van der Waals surface area contributed by atoms with E-state index in [1.807, 2.05) is 0 Å². The maximum atomic E-state index is 12.1. The van der Waals surface area contributed by atoms with Crippen molar-refractivity contribution in [2.24, 2.45) is 47.3 Å². The van der Waals surface area contributed by atoms with E-state index in [1.54, 1.807) is 0 Å². The average molecular weight is 229 g/mol. The summed E-state index contributed by atoms with van der Waals surface area (Å²) in [6.45, 7) is 0. The summed E-state index contributed by atoms with van der Waals surface area (Å²) in [6.07, 6.45) is 1.25. The summed E-state index contributed by atoms with van der Waals surface area (Å²) < 4.78 is -0.541. The zero-order valence-electron chi connectivity index (χ0n) is 7.49. The molecule has 1 nitrogen and oxygen atoms in total. The maximum Gasteiger partial charge on any atom is 0.140 e. The number of halogens is 2. The Kier molecular flexibility index (Phi) is 0.909. The van der Waals surface area contributed by atoms with Crippen LogP contribution < -0.4 is 0 Å². The SMILES string of the molecule is O=C1[C@@H]2[C@H]3C[C@H]4[C@@H]5[C@@H]3[C@@H]1[C@@H]5C(Cl)(Cl)[C@@H]42. The van der Waals surface area contributed by atoms with E-state index in [0.29, 0.717) is 35.4 Å². The van der Waals surface area contributed by atoms with Crippen LogP contribution in [-0.4, -0.2) is 10.1 Å². The zero-order valence-corrected chi connectivity index (χ0v) is 9.00. The fourth-order valence-electron chi connectivity index (χ4n) is 6.07. The second-order valence-corrected chi connectivity index (χ2v) is 7.34. The van der Waals surface area contributed by atoms with Crippen molar-refractivity contribution >= 4 is 29.0 Å². The van der Waals surface area contributed by atoms with Crippen LogP contribution >= 0.6 is 23.2 Å². The van der Waals surface area contributed by atoms with E-state index in [4.69, 9.17) is 23.2 Å². The van der Waals surface area contributed by atoms with E-state index in [0.717, 1.165) is 5.92 Å². The van der Waals surface area contributed by atoms with E-state index >= 15 is 0 Å². The highest BCUT2D eigenvalue weighted by molar-refractivity contribution is 6.49. The van der Waals surface area contributed by atoms with Crippen LogP contribution in [0.2, 0.25) is 0 Å². The monoisotopic (exact) mass is 228 g/mol. The smallest absolute Gasteiger partial charge is 0.140 e. The molecule has 5 fully saturated rings. The van der Waals surface area contributed by atoms with Crippen molar-refractivity contribution in [2.75, 3.05) is 0 Å². The Morgan fingerprint density at radius 1 is 1.07 bits per heavy atom. The molecule has 0 spiro atoms. The molecule has 0 amide bonds. The van der Waals surface area contributed by atoms with Gasteiger partial charge in [0.15, 0.2) is 0 Å². The van der Waals surface area contributed by atoms with Crippen molar-refractivity contribution in [3.05, 3.63) is 0 Å². The molecule has 74 valence electrons. The Balaban J connectivity index is 1.87. The van der Waals surface area contributed by atoms with Crippen molar-refractivity contribution in [1.29, 1.82) is 0 Å². The van der Waals surface area contributed by atoms with E-state index in [9.17, 15) is 4.79 Å². The Hall–Kier alpha value is 0.250. The predicted octanol–water partition coefficient (Wildman–Crippen LogP) is 2.12. The van der Waals surface area contributed by atoms with Gasteiger partial charge >= 0.3 is 0 Å². The summed E-state index contributed by atoms with van der Waals surface area (Å²) in [4.78, 5) is 12.1. The maximum absolute atomic E-state index is 12.1. The number of carbonyl (C=O) groups is 1. The van der Waals surface area contributed by atoms with Gasteiger partial charge in [-0.1, -0.05) is 0 Å². The molecule has 0 unspecified atom stereocenters. The van der Waals surface area contributed by atoms with Gasteiger partial charge in [-0.15, -0.1) is 23.2 Å². The fourth-order valence-corrected chi connectivity index (χ4v) is 7.23. The predicted molar refractivity (Wildman–Crippen MR) is 52.0 cm³/mol. The summed E-state index contributed by atoms with van der Waals surface area (Å²) in [5.41, 5.74) is 0. The van der Waals surface area contributed by atoms with Crippen LogP contribution in [0.1, 0.15) is 6.42 Å². The van der Waals surface area contributed by atoms with Crippen LogP contribution in [0, 0.1) is 47.3 Å². The van der Waals surface area contributed by atoms with Gasteiger partial charge in [0.05, 0.1) is 0 Å². The molecular formula is C11H10Cl2O. The van der Waals surface area contributed by atoms with Crippen molar-refractivity contribution < 1.29 is 4.79 Å². The second-order valence-electron chi connectivity index (χ2n) is 5.90. The van der Waals surface area contributed by atoms with Crippen molar-refractivity contribution in [3.63, 3.8) is 0 Å². The lowest BCUT2D eigenvalue weighted by atomic mass is 9.59. The highest BCUT2D eigenvalue weighted by Crippen LogP contribution is 2.86. The normalized spacial score (nSPS) is 73.4. The lowest BCUT2D eigenvalue weighted by Crippen LogP contribution is -2.52. The standard InChI is InChI=1S/C11H10Cl2O/c12-11(13)8-3-1-2-4-5(3)9(11)7(4)10(14)6(2)8/h2-9H,1H2/t2-,3-,4+,5+,6+,7+,8-,9+/m0/s1. The van der Waals surface area contributed by atoms with E-state index in [-0.39, 0.29) is 11.8 Å². The minimum absolute atomic E-state index is 0.264. The van der Waals surface area contributed by atoms with Gasteiger partial charge in [0.2, 0.25) is 0 Å². The third kappa shape index (κ3) is 0.427. The molecule has 5 rings (SSSR count). The van der Waals surface area contributed by atoms with Gasteiger partial charge in [-0.2, -0.15) is 0 Å². The Morgan fingerprint density at radius 3 is 2.64 bits per heavy atom. The zero-order chi connectivity index (χ0) is 9.40. The molecule has 0 aromatic carbocycles. The number of carbonyl (C=O) groups excluding carboxylic acids is 1. The number of fused-ring (bicyclic) bond motifs is 2. The van der Waals surface area contributed by atoms with Crippen LogP contribution in [-0.2, 0) is 4.79 Å². The minimum atomic E-state index is -0.541. The number of alkyl halides is 2. The summed E-state index contributed by atoms with van der Waals surface area (Å²) in [5, 5.41) is 0. The van der Waals surface area contributed by atoms with Crippen molar-refractivity contribution in [3.8, 4) is 0 Å². The number of Topliss-reactive ketones (excluding diaryl/α,β-unsaturated/α-hetero) is 1. The molecule has 0 aromatic heterocycles. The Morgan fingerprint density at radius 2 is 1.86 bits per heavy atom. The van der Waals surface area contributed by atoms with Crippen molar-refractivity contribution in [1.82, 2.24) is 0 Å². The van der Waals surface area contributed by atoms with Gasteiger partial charge in [0.25, 0.3) is 0 Å². The summed E-state index contributed by atoms with van der Waals surface area (Å²) in [6, 6.07) is 0. The number of hydrogen-bond acceptors (Lipinski definition) is 1. The fraction of sp³-hybridized carbons (Fsp3) is 0.909. The van der Waals surface area contributed by atoms with Gasteiger partial charge in [0, 0.05) is 23.7 Å². The first-order chi connectivity index (χ1) is 6.64. The van der Waals surface area contributed by atoms with Crippen LogP contribution in [0.15, 0.2) is 0 Å². The third-order valence-electron chi connectivity index (χ3n) is 6.05. The molecule has 0 aliphatic heterocycles. The van der Waals surface area contributed by atoms with Gasteiger partial charge < -0.3 is 0 Å². The molecule has 2 bridgehead atoms. The average Bonchev–Trinajstić information content (AvgIpc) is 2.52. The highest BCUT2D eigenvalue weighted by atomic mass is 35.5. The molecule has 0 radical (unpaired) electrons. The van der Waals surface area contributed by atoms with Crippen LogP contribution in [0.25, 0.3) is 0 Å².